The molecule has 0 unspecified atom stereocenters. The van der Waals surface area contributed by atoms with Gasteiger partial charge >= 0.3 is 0 Å². The molecule has 0 amide bonds. The Bertz CT molecular complexity index is 748. The second kappa shape index (κ2) is 36.5. The van der Waals surface area contributed by atoms with Crippen LogP contribution in [0.2, 0.25) is 0 Å². The molecule has 4 N–H and O–H groups in total. The van der Waals surface area contributed by atoms with Crippen molar-refractivity contribution in [2.24, 2.45) is 0 Å². The number of hydrogen-bond donors (Lipinski definition) is 4. The van der Waals surface area contributed by atoms with E-state index in [0.29, 0.717) is 0 Å². The minimum Gasteiger partial charge on any atom is -0.400 e. The highest BCUT2D eigenvalue weighted by molar-refractivity contribution is 5.44. The van der Waals surface area contributed by atoms with Gasteiger partial charge in [0.15, 0.2) is 0 Å². The average Bonchev–Trinajstić information content (AvgIpc) is 3.09. The third kappa shape index (κ3) is 18.7. The molecular formula is C36H66O4. The third-order valence-electron chi connectivity index (χ3n) is 5.30. The van der Waals surface area contributed by atoms with E-state index in [1.54, 1.807) is 0 Å². The molecular weight excluding hydrogens is 496 g/mol. The third-order valence-corrected chi connectivity index (χ3v) is 5.30. The van der Waals surface area contributed by atoms with Gasteiger partial charge in [0.05, 0.1) is 0 Å². The summed E-state index contributed by atoms with van der Waals surface area (Å²) >= 11 is 0. The Labute approximate surface area is 249 Å². The summed E-state index contributed by atoms with van der Waals surface area (Å²) in [5, 5.41) is 28.0. The highest BCUT2D eigenvalue weighted by Gasteiger charge is 2.27. The van der Waals surface area contributed by atoms with Crippen LogP contribution in [0.1, 0.15) is 105 Å². The van der Waals surface area contributed by atoms with E-state index in [1.807, 2.05) is 55.4 Å². The van der Waals surface area contributed by atoms with Gasteiger partial charge in [-0.1, -0.05) is 168 Å². The summed E-state index contributed by atoms with van der Waals surface area (Å²) in [6, 6.07) is 30.6. The summed E-state index contributed by atoms with van der Waals surface area (Å²) < 4.78 is 0. The molecule has 0 aromatic heterocycles. The van der Waals surface area contributed by atoms with Crippen molar-refractivity contribution in [3.63, 3.8) is 0 Å². The Hall–Kier alpha value is -2.50. The maximum absolute atomic E-state index is 7.00. The minimum absolute atomic E-state index is 0.00988. The van der Waals surface area contributed by atoms with E-state index < -0.39 is 0 Å². The topological polar surface area (TPSA) is 80.9 Å². The van der Waals surface area contributed by atoms with Crippen molar-refractivity contribution >= 4 is 0 Å². The van der Waals surface area contributed by atoms with Gasteiger partial charge in [-0.2, -0.15) is 0 Å². The summed E-state index contributed by atoms with van der Waals surface area (Å²) in [6.45, 7) is 25.2. The van der Waals surface area contributed by atoms with E-state index in [0.717, 1.165) is 28.4 Å². The van der Waals surface area contributed by atoms with E-state index in [9.17, 15) is 0 Å². The number of hydrogen-bond acceptors (Lipinski definition) is 4. The van der Waals surface area contributed by atoms with E-state index in [2.05, 4.69) is 113 Å². The lowest BCUT2D eigenvalue weighted by Crippen LogP contribution is -2.22. The molecule has 4 heteroatoms. The van der Waals surface area contributed by atoms with Gasteiger partial charge in [-0.3, -0.25) is 0 Å². The lowest BCUT2D eigenvalue weighted by atomic mass is 9.73. The minimum atomic E-state index is -0.00988. The molecule has 3 aromatic carbocycles. The molecule has 0 bridgehead atoms. The van der Waals surface area contributed by atoms with Crippen LogP contribution in [0, 0.1) is 0 Å². The molecule has 0 aliphatic carbocycles. The maximum atomic E-state index is 7.00. The molecule has 234 valence electrons. The largest absolute Gasteiger partial charge is 0.400 e. The smallest absolute Gasteiger partial charge is 0.0319 e. The first kappa shape index (κ1) is 50.3. The van der Waals surface area contributed by atoms with Gasteiger partial charge in [0.1, 0.15) is 0 Å². The first-order valence-corrected chi connectivity index (χ1v) is 14.4. The fraction of sp³-hybridized carbons (Fsp3) is 0.500. The number of rotatable bonds is 4. The predicted molar refractivity (Wildman–Crippen MR) is 182 cm³/mol. The van der Waals surface area contributed by atoms with Crippen molar-refractivity contribution < 1.29 is 20.4 Å². The molecule has 0 atom stereocenters. The molecule has 0 aliphatic rings. The maximum Gasteiger partial charge on any atom is 0.0319 e. The summed E-state index contributed by atoms with van der Waals surface area (Å²) in [7, 11) is 4.00. The highest BCUT2D eigenvalue weighted by atomic mass is 16.2. The SMILES string of the molecule is CC.CC.CC.CC.CC(C)(c1ccccc1)c1cccc(C(C)(C)c2ccccc2)c1.CO.CO.CO.CO. The van der Waals surface area contributed by atoms with Crippen molar-refractivity contribution in [2.75, 3.05) is 28.4 Å². The van der Waals surface area contributed by atoms with Crippen LogP contribution in [-0.2, 0) is 10.8 Å². The van der Waals surface area contributed by atoms with Crippen LogP contribution in [0.3, 0.4) is 0 Å². The Morgan fingerprint density at radius 2 is 0.525 bits per heavy atom. The molecule has 4 nitrogen and oxygen atoms in total. The molecule has 0 aliphatic heterocycles. The molecule has 40 heavy (non-hydrogen) atoms. The molecule has 0 saturated carbocycles. The highest BCUT2D eigenvalue weighted by Crippen LogP contribution is 2.36. The predicted octanol–water partition coefficient (Wildman–Crippen LogP) is 8.88. The Morgan fingerprint density at radius 3 is 0.750 bits per heavy atom. The van der Waals surface area contributed by atoms with Gasteiger partial charge in [-0.15, -0.1) is 0 Å². The second-order valence-electron chi connectivity index (χ2n) is 7.56. The standard InChI is InChI=1S/C24H26.4C2H6.4CH4O/c1-23(2,19-12-7-5-8-13-19)21-16-11-17-22(18-21)24(3,4)20-14-9-6-10-15-20;8*1-2/h5-18H,1-4H3;4*1-2H3;4*2H,1H3. The second-order valence-corrected chi connectivity index (χ2v) is 7.56. The molecule has 3 rings (SSSR count). The van der Waals surface area contributed by atoms with Crippen molar-refractivity contribution in [1.29, 1.82) is 0 Å². The molecule has 0 radical (unpaired) electrons. The zero-order chi connectivity index (χ0) is 33.2. The average molecular weight is 563 g/mol. The van der Waals surface area contributed by atoms with Crippen LogP contribution in [0.5, 0.6) is 0 Å². The monoisotopic (exact) mass is 562 g/mol. The normalized spacial score (nSPS) is 8.50. The lowest BCUT2D eigenvalue weighted by molar-refractivity contribution is 0.399. The number of benzene rings is 3. The van der Waals surface area contributed by atoms with E-state index in [4.69, 9.17) is 20.4 Å². The summed E-state index contributed by atoms with van der Waals surface area (Å²) in [5.74, 6) is 0. The van der Waals surface area contributed by atoms with Gasteiger partial charge in [0, 0.05) is 39.3 Å². The molecule has 3 aromatic rings. The van der Waals surface area contributed by atoms with Crippen molar-refractivity contribution in [3.8, 4) is 0 Å². The lowest BCUT2D eigenvalue weighted by Gasteiger charge is -2.30. The summed E-state index contributed by atoms with van der Waals surface area (Å²) in [5.41, 5.74) is 5.39. The molecule has 0 saturated heterocycles. The Kier molecular flexibility index (Phi) is 45.9. The van der Waals surface area contributed by atoms with E-state index in [-0.39, 0.29) is 10.8 Å². The summed E-state index contributed by atoms with van der Waals surface area (Å²) in [6.07, 6.45) is 0. The number of aliphatic hydroxyl groups is 4. The molecule has 0 spiro atoms. The first-order valence-electron chi connectivity index (χ1n) is 14.4. The van der Waals surface area contributed by atoms with Gasteiger partial charge in [-0.05, 0) is 22.3 Å². The van der Waals surface area contributed by atoms with Gasteiger partial charge in [-0.25, -0.2) is 0 Å². The first-order chi connectivity index (χ1) is 19.4. The van der Waals surface area contributed by atoms with Gasteiger partial charge in [0.2, 0.25) is 0 Å². The van der Waals surface area contributed by atoms with Gasteiger partial charge < -0.3 is 20.4 Å². The zero-order valence-electron chi connectivity index (χ0n) is 28.9. The Balaban J connectivity index is -0.000000156. The van der Waals surface area contributed by atoms with Crippen molar-refractivity contribution in [3.05, 3.63) is 107 Å². The van der Waals surface area contributed by atoms with Crippen LogP contribution >= 0.6 is 0 Å². The molecule has 0 heterocycles. The Morgan fingerprint density at radius 1 is 0.325 bits per heavy atom. The summed E-state index contributed by atoms with van der Waals surface area (Å²) in [4.78, 5) is 0. The number of aliphatic hydroxyl groups excluding tert-OH is 4. The van der Waals surface area contributed by atoms with E-state index in [1.165, 1.54) is 22.3 Å². The molecule has 0 fully saturated rings. The van der Waals surface area contributed by atoms with Crippen LogP contribution in [0.4, 0.5) is 0 Å². The fourth-order valence-corrected chi connectivity index (χ4v) is 3.34. The van der Waals surface area contributed by atoms with Crippen molar-refractivity contribution in [2.45, 2.75) is 93.9 Å². The zero-order valence-corrected chi connectivity index (χ0v) is 28.9. The van der Waals surface area contributed by atoms with Gasteiger partial charge in [0.25, 0.3) is 0 Å². The van der Waals surface area contributed by atoms with Crippen molar-refractivity contribution in [1.82, 2.24) is 0 Å². The van der Waals surface area contributed by atoms with Crippen LogP contribution in [0.25, 0.3) is 0 Å². The quantitative estimate of drug-likeness (QED) is 0.256. The van der Waals surface area contributed by atoms with Crippen LogP contribution < -0.4 is 0 Å². The van der Waals surface area contributed by atoms with Crippen LogP contribution in [0.15, 0.2) is 84.9 Å². The van der Waals surface area contributed by atoms with E-state index >= 15 is 0 Å². The van der Waals surface area contributed by atoms with Crippen LogP contribution in [-0.4, -0.2) is 48.9 Å². The fourth-order valence-electron chi connectivity index (χ4n) is 3.34.